The van der Waals surface area contributed by atoms with E-state index < -0.39 is 30.1 Å². The number of carbonyl (C=O) groups excluding carboxylic acids is 1. The van der Waals surface area contributed by atoms with Gasteiger partial charge in [0.2, 0.25) is 0 Å². The Morgan fingerprint density at radius 2 is 2.08 bits per heavy atom. The van der Waals surface area contributed by atoms with Crippen LogP contribution in [0.15, 0.2) is 24.3 Å². The van der Waals surface area contributed by atoms with Crippen molar-refractivity contribution in [3.05, 3.63) is 29.8 Å². The zero-order chi connectivity index (χ0) is 17.9. The first-order valence-corrected chi connectivity index (χ1v) is 7.15. The lowest BCUT2D eigenvalue weighted by atomic mass is 10.0. The van der Waals surface area contributed by atoms with Crippen molar-refractivity contribution in [3.63, 3.8) is 0 Å². The van der Waals surface area contributed by atoms with Crippen LogP contribution in [0.3, 0.4) is 0 Å². The van der Waals surface area contributed by atoms with E-state index in [9.17, 15) is 22.8 Å². The van der Waals surface area contributed by atoms with Crippen LogP contribution in [-0.4, -0.2) is 54.0 Å². The monoisotopic (exact) mass is 347 g/mol. The van der Waals surface area contributed by atoms with Crippen molar-refractivity contribution in [1.82, 2.24) is 4.90 Å². The molecule has 1 heterocycles. The number of nitrogens with zero attached hydrogens (tertiary/aromatic N) is 1. The summed E-state index contributed by atoms with van der Waals surface area (Å²) >= 11 is 0. The summed E-state index contributed by atoms with van der Waals surface area (Å²) in [7, 11) is 1.48. The second-order valence-corrected chi connectivity index (χ2v) is 5.37. The number of rotatable bonds is 4. The van der Waals surface area contributed by atoms with Crippen molar-refractivity contribution in [1.29, 1.82) is 0 Å². The molecule has 0 saturated carbocycles. The van der Waals surface area contributed by atoms with E-state index in [2.05, 4.69) is 4.74 Å². The van der Waals surface area contributed by atoms with Crippen molar-refractivity contribution >= 4 is 11.9 Å². The molecule has 9 heteroatoms. The van der Waals surface area contributed by atoms with Gasteiger partial charge >= 0.3 is 12.3 Å². The molecular formula is C15H16F3NO5. The molecule has 0 aromatic heterocycles. The number of hydrogen-bond donors (Lipinski definition) is 1. The highest BCUT2D eigenvalue weighted by Gasteiger charge is 2.33. The van der Waals surface area contributed by atoms with Crippen LogP contribution < -0.4 is 4.74 Å². The average Bonchev–Trinajstić information content (AvgIpc) is 2.52. The molecule has 1 aromatic carbocycles. The van der Waals surface area contributed by atoms with Gasteiger partial charge in [0.25, 0.3) is 5.91 Å². The number of alkyl halides is 3. The molecule has 0 radical (unpaired) electrons. The zero-order valence-electron chi connectivity index (χ0n) is 12.7. The molecule has 24 heavy (non-hydrogen) atoms. The summed E-state index contributed by atoms with van der Waals surface area (Å²) in [4.78, 5) is 24.8. The van der Waals surface area contributed by atoms with E-state index in [-0.39, 0.29) is 24.6 Å². The third kappa shape index (κ3) is 4.60. The maximum atomic E-state index is 12.4. The van der Waals surface area contributed by atoms with E-state index in [1.807, 2.05) is 0 Å². The average molecular weight is 347 g/mol. The van der Waals surface area contributed by atoms with E-state index in [0.717, 1.165) is 12.1 Å². The molecule has 0 bridgehead atoms. The van der Waals surface area contributed by atoms with Gasteiger partial charge in [-0.05, 0) is 24.6 Å². The highest BCUT2D eigenvalue weighted by Crippen LogP contribution is 2.25. The van der Waals surface area contributed by atoms with Gasteiger partial charge < -0.3 is 19.5 Å². The summed E-state index contributed by atoms with van der Waals surface area (Å²) in [6.07, 6.45) is -5.27. The maximum Gasteiger partial charge on any atom is 0.573 e. The molecular weight excluding hydrogens is 331 g/mol. The third-order valence-electron chi connectivity index (χ3n) is 3.71. The Labute approximate surface area is 135 Å². The molecule has 1 saturated heterocycles. The number of aliphatic carboxylic acids is 1. The number of carboxylic acid groups (broad SMARTS) is 1. The van der Waals surface area contributed by atoms with E-state index in [4.69, 9.17) is 9.84 Å². The second kappa shape index (κ2) is 7.08. The number of ether oxygens (including phenoxy) is 2. The molecule has 0 aliphatic carbocycles. The molecule has 1 fully saturated rings. The standard InChI is InChI=1S/C15H16F3NO5/c1-19(10-5-6-23-12(8-10)14(21)22)13(20)9-3-2-4-11(7-9)24-15(16,17)18/h2-4,7,10,12H,5-6,8H2,1H3,(H,21,22)/t10-,12+/m1/s1. The lowest BCUT2D eigenvalue weighted by Crippen LogP contribution is -2.45. The van der Waals surface area contributed by atoms with Gasteiger partial charge in [0.15, 0.2) is 6.10 Å². The van der Waals surface area contributed by atoms with Crippen LogP contribution in [0, 0.1) is 0 Å². The van der Waals surface area contributed by atoms with E-state index >= 15 is 0 Å². The van der Waals surface area contributed by atoms with Gasteiger partial charge in [-0.15, -0.1) is 13.2 Å². The molecule has 1 amide bonds. The summed E-state index contributed by atoms with van der Waals surface area (Å²) in [6, 6.07) is 4.38. The lowest BCUT2D eigenvalue weighted by molar-refractivity contribution is -0.274. The molecule has 2 rings (SSSR count). The SMILES string of the molecule is CN(C(=O)c1cccc(OC(F)(F)F)c1)[C@@H]1CCO[C@H](C(=O)O)C1. The van der Waals surface area contributed by atoms with Gasteiger partial charge in [-0.25, -0.2) is 4.79 Å². The predicted octanol–water partition coefficient (Wildman–Crippen LogP) is 2.29. The second-order valence-electron chi connectivity index (χ2n) is 5.37. The number of benzene rings is 1. The molecule has 2 atom stereocenters. The number of halogens is 3. The molecule has 1 aliphatic rings. The van der Waals surface area contributed by atoms with Crippen LogP contribution >= 0.6 is 0 Å². The lowest BCUT2D eigenvalue weighted by Gasteiger charge is -2.34. The molecule has 1 aromatic rings. The summed E-state index contributed by atoms with van der Waals surface area (Å²) < 4.78 is 45.7. The van der Waals surface area contributed by atoms with Gasteiger partial charge in [-0.1, -0.05) is 6.07 Å². The third-order valence-corrected chi connectivity index (χ3v) is 3.71. The Morgan fingerprint density at radius 3 is 2.71 bits per heavy atom. The van der Waals surface area contributed by atoms with Gasteiger partial charge in [0.1, 0.15) is 5.75 Å². The Balaban J connectivity index is 2.10. The van der Waals surface area contributed by atoms with Crippen molar-refractivity contribution < 1.29 is 37.3 Å². The zero-order valence-corrected chi connectivity index (χ0v) is 12.7. The molecule has 1 aliphatic heterocycles. The van der Waals surface area contributed by atoms with Crippen LogP contribution in [0.25, 0.3) is 0 Å². The van der Waals surface area contributed by atoms with Crippen LogP contribution in [0.1, 0.15) is 23.2 Å². The van der Waals surface area contributed by atoms with Crippen molar-refractivity contribution in [2.24, 2.45) is 0 Å². The predicted molar refractivity (Wildman–Crippen MR) is 75.6 cm³/mol. The van der Waals surface area contributed by atoms with Gasteiger partial charge in [-0.3, -0.25) is 4.79 Å². The quantitative estimate of drug-likeness (QED) is 0.904. The number of hydrogen-bond acceptors (Lipinski definition) is 4. The van der Waals surface area contributed by atoms with Gasteiger partial charge in [0, 0.05) is 31.7 Å². The van der Waals surface area contributed by atoms with Gasteiger partial charge in [-0.2, -0.15) is 0 Å². The minimum absolute atomic E-state index is 0.0256. The van der Waals surface area contributed by atoms with E-state index in [1.54, 1.807) is 0 Å². The van der Waals surface area contributed by atoms with Crippen LogP contribution in [0.2, 0.25) is 0 Å². The van der Waals surface area contributed by atoms with Crippen LogP contribution in [0.4, 0.5) is 13.2 Å². The largest absolute Gasteiger partial charge is 0.573 e. The van der Waals surface area contributed by atoms with Crippen molar-refractivity contribution in [3.8, 4) is 5.75 Å². The fourth-order valence-electron chi connectivity index (χ4n) is 2.50. The number of carboxylic acids is 1. The summed E-state index contributed by atoms with van der Waals surface area (Å²) in [5.41, 5.74) is 0.0256. The van der Waals surface area contributed by atoms with Crippen molar-refractivity contribution in [2.75, 3.05) is 13.7 Å². The van der Waals surface area contributed by atoms with Gasteiger partial charge in [0.05, 0.1) is 0 Å². The number of carbonyl (C=O) groups is 2. The fourth-order valence-corrected chi connectivity index (χ4v) is 2.50. The summed E-state index contributed by atoms with van der Waals surface area (Å²) in [5.74, 6) is -2.11. The Kier molecular flexibility index (Phi) is 5.33. The normalized spacial score (nSPS) is 21.2. The molecule has 0 spiro atoms. The Bertz CT molecular complexity index is 619. The smallest absolute Gasteiger partial charge is 0.479 e. The fraction of sp³-hybridized carbons (Fsp3) is 0.467. The highest BCUT2D eigenvalue weighted by atomic mass is 19.4. The minimum atomic E-state index is -4.84. The minimum Gasteiger partial charge on any atom is -0.479 e. The number of amides is 1. The molecule has 1 N–H and O–H groups in total. The van der Waals surface area contributed by atoms with Crippen LogP contribution in [0.5, 0.6) is 5.75 Å². The first kappa shape index (κ1) is 18.1. The van der Waals surface area contributed by atoms with E-state index in [0.29, 0.717) is 6.42 Å². The Morgan fingerprint density at radius 1 is 1.38 bits per heavy atom. The molecule has 0 unspecified atom stereocenters. The molecule has 132 valence electrons. The summed E-state index contributed by atoms with van der Waals surface area (Å²) in [6.45, 7) is 0.191. The maximum absolute atomic E-state index is 12.4. The van der Waals surface area contributed by atoms with Crippen molar-refractivity contribution in [2.45, 2.75) is 31.3 Å². The Hall–Kier alpha value is -2.29. The first-order valence-electron chi connectivity index (χ1n) is 7.15. The molecule has 6 nitrogen and oxygen atoms in total. The van der Waals surface area contributed by atoms with E-state index in [1.165, 1.54) is 24.1 Å². The summed E-state index contributed by atoms with van der Waals surface area (Å²) in [5, 5.41) is 8.99. The topological polar surface area (TPSA) is 76.1 Å². The van der Waals surface area contributed by atoms with Crippen LogP contribution in [-0.2, 0) is 9.53 Å². The highest BCUT2D eigenvalue weighted by molar-refractivity contribution is 5.94. The first-order chi connectivity index (χ1) is 11.2.